The van der Waals surface area contributed by atoms with Gasteiger partial charge < -0.3 is 16.4 Å². The van der Waals surface area contributed by atoms with Gasteiger partial charge in [-0.2, -0.15) is 0 Å². The number of nitro groups is 1. The minimum absolute atomic E-state index is 0.00621. The molecule has 4 N–H and O–H groups in total. The topological polar surface area (TPSA) is 110 Å². The molecular formula is C17H26N4O3. The maximum atomic E-state index is 12.2. The first kappa shape index (κ1) is 18.2. The molecule has 0 saturated heterocycles. The van der Waals surface area contributed by atoms with Crippen LogP contribution in [0.5, 0.6) is 0 Å². The predicted octanol–water partition coefficient (Wildman–Crippen LogP) is 2.42. The predicted molar refractivity (Wildman–Crippen MR) is 93.8 cm³/mol. The molecule has 1 amide bonds. The average Bonchev–Trinajstić information content (AvgIpc) is 2.59. The number of rotatable bonds is 8. The fraction of sp³-hybridized carbons (Fsp3) is 0.588. The zero-order valence-corrected chi connectivity index (χ0v) is 13.9. The van der Waals surface area contributed by atoms with Gasteiger partial charge in [0, 0.05) is 25.6 Å². The molecule has 1 fully saturated rings. The van der Waals surface area contributed by atoms with Gasteiger partial charge in [-0.05, 0) is 30.9 Å². The lowest BCUT2D eigenvalue weighted by Gasteiger charge is -2.35. The van der Waals surface area contributed by atoms with Gasteiger partial charge in [0.25, 0.3) is 5.69 Å². The Morgan fingerprint density at radius 3 is 2.58 bits per heavy atom. The zero-order chi connectivity index (χ0) is 17.4. The van der Waals surface area contributed by atoms with E-state index in [1.807, 2.05) is 0 Å². The highest BCUT2D eigenvalue weighted by molar-refractivity contribution is 5.76. The van der Waals surface area contributed by atoms with Crippen LogP contribution < -0.4 is 16.4 Å². The number of anilines is 1. The molecule has 0 atom stereocenters. The van der Waals surface area contributed by atoms with E-state index in [-0.39, 0.29) is 17.0 Å². The summed E-state index contributed by atoms with van der Waals surface area (Å²) in [5.74, 6) is 0.00621. The first-order valence-corrected chi connectivity index (χ1v) is 8.50. The first-order valence-electron chi connectivity index (χ1n) is 8.50. The summed E-state index contributed by atoms with van der Waals surface area (Å²) in [5.41, 5.74) is 6.35. The van der Waals surface area contributed by atoms with Crippen molar-refractivity contribution in [3.05, 3.63) is 34.4 Å². The van der Waals surface area contributed by atoms with Crippen LogP contribution in [0.15, 0.2) is 24.3 Å². The Balaban J connectivity index is 1.76. The smallest absolute Gasteiger partial charge is 0.292 e. The molecule has 0 radical (unpaired) electrons. The Bertz CT molecular complexity index is 571. The number of amides is 1. The molecule has 1 aliphatic rings. The summed E-state index contributed by atoms with van der Waals surface area (Å²) in [6, 6.07) is 6.48. The molecule has 1 saturated carbocycles. The third-order valence-electron chi connectivity index (χ3n) is 4.75. The maximum absolute atomic E-state index is 12.2. The van der Waals surface area contributed by atoms with E-state index >= 15 is 0 Å². The minimum atomic E-state index is -0.422. The molecule has 0 aliphatic heterocycles. The third-order valence-corrected chi connectivity index (χ3v) is 4.75. The Hall–Kier alpha value is -2.15. The zero-order valence-electron chi connectivity index (χ0n) is 13.9. The Morgan fingerprint density at radius 1 is 1.21 bits per heavy atom. The van der Waals surface area contributed by atoms with E-state index in [4.69, 9.17) is 5.73 Å². The second-order valence-electron chi connectivity index (χ2n) is 6.49. The summed E-state index contributed by atoms with van der Waals surface area (Å²) in [6.07, 6.45) is 6.02. The largest absolute Gasteiger partial charge is 0.378 e. The fourth-order valence-electron chi connectivity index (χ4n) is 3.34. The van der Waals surface area contributed by atoms with Crippen LogP contribution in [-0.2, 0) is 4.79 Å². The second kappa shape index (κ2) is 8.63. The summed E-state index contributed by atoms with van der Waals surface area (Å²) >= 11 is 0. The normalized spacial score (nSPS) is 16.4. The molecule has 132 valence electrons. The van der Waals surface area contributed by atoms with Crippen molar-refractivity contribution in [3.63, 3.8) is 0 Å². The van der Waals surface area contributed by atoms with Crippen LogP contribution in [0.2, 0.25) is 0 Å². The average molecular weight is 334 g/mol. The van der Waals surface area contributed by atoms with Crippen molar-refractivity contribution in [2.24, 2.45) is 11.1 Å². The van der Waals surface area contributed by atoms with Crippen molar-refractivity contribution in [3.8, 4) is 0 Å². The van der Waals surface area contributed by atoms with E-state index in [1.165, 1.54) is 12.5 Å². The van der Waals surface area contributed by atoms with Crippen LogP contribution in [0.3, 0.4) is 0 Å². The summed E-state index contributed by atoms with van der Waals surface area (Å²) in [7, 11) is 0. The van der Waals surface area contributed by atoms with Gasteiger partial charge in [0.1, 0.15) is 5.69 Å². The fourth-order valence-corrected chi connectivity index (χ4v) is 3.34. The van der Waals surface area contributed by atoms with Gasteiger partial charge in [-0.3, -0.25) is 14.9 Å². The molecule has 1 aromatic carbocycles. The molecule has 1 aliphatic carbocycles. The van der Waals surface area contributed by atoms with Crippen LogP contribution in [-0.4, -0.2) is 30.5 Å². The molecule has 0 bridgehead atoms. The Kier molecular flexibility index (Phi) is 6.54. The number of nitrogens with one attached hydrogen (secondary N) is 2. The van der Waals surface area contributed by atoms with Gasteiger partial charge in [-0.15, -0.1) is 0 Å². The molecule has 2 rings (SSSR count). The van der Waals surface area contributed by atoms with E-state index in [0.717, 1.165) is 25.7 Å². The van der Waals surface area contributed by atoms with Crippen LogP contribution >= 0.6 is 0 Å². The van der Waals surface area contributed by atoms with E-state index in [2.05, 4.69) is 10.6 Å². The van der Waals surface area contributed by atoms with Crippen LogP contribution in [0.25, 0.3) is 0 Å². The van der Waals surface area contributed by atoms with Crippen molar-refractivity contribution < 1.29 is 9.72 Å². The number of nitrogens with zero attached hydrogens (tertiary/aromatic N) is 1. The third kappa shape index (κ3) is 4.92. The minimum Gasteiger partial charge on any atom is -0.378 e. The molecular weight excluding hydrogens is 308 g/mol. The Labute approximate surface area is 142 Å². The number of carbonyl (C=O) groups excluding carboxylic acids is 1. The molecule has 0 heterocycles. The van der Waals surface area contributed by atoms with Crippen LogP contribution in [0.4, 0.5) is 11.4 Å². The highest BCUT2D eigenvalue weighted by Gasteiger charge is 2.32. The van der Waals surface area contributed by atoms with Crippen LogP contribution in [0, 0.1) is 15.5 Å². The lowest BCUT2D eigenvalue weighted by molar-refractivity contribution is -0.384. The summed E-state index contributed by atoms with van der Waals surface area (Å²) < 4.78 is 0. The number of para-hydroxylation sites is 2. The van der Waals surface area contributed by atoms with Gasteiger partial charge in [-0.1, -0.05) is 31.4 Å². The van der Waals surface area contributed by atoms with Crippen molar-refractivity contribution >= 4 is 17.3 Å². The summed E-state index contributed by atoms with van der Waals surface area (Å²) in [4.78, 5) is 22.7. The van der Waals surface area contributed by atoms with Gasteiger partial charge in [0.15, 0.2) is 0 Å². The molecule has 0 aromatic heterocycles. The maximum Gasteiger partial charge on any atom is 0.292 e. The summed E-state index contributed by atoms with van der Waals surface area (Å²) in [6.45, 7) is 1.41. The number of hydrogen-bond donors (Lipinski definition) is 3. The number of hydrogen-bond acceptors (Lipinski definition) is 5. The molecule has 1 aromatic rings. The van der Waals surface area contributed by atoms with E-state index in [1.54, 1.807) is 18.2 Å². The Morgan fingerprint density at radius 2 is 1.92 bits per heavy atom. The first-order chi connectivity index (χ1) is 11.6. The summed E-state index contributed by atoms with van der Waals surface area (Å²) in [5, 5.41) is 16.8. The molecule has 7 nitrogen and oxygen atoms in total. The van der Waals surface area contributed by atoms with Crippen molar-refractivity contribution in [2.45, 2.75) is 38.5 Å². The molecule has 0 spiro atoms. The van der Waals surface area contributed by atoms with Gasteiger partial charge in [0.05, 0.1) is 4.92 Å². The number of carbonyl (C=O) groups is 1. The lowest BCUT2D eigenvalue weighted by Crippen LogP contribution is -2.39. The van der Waals surface area contributed by atoms with Crippen molar-refractivity contribution in [1.29, 1.82) is 0 Å². The van der Waals surface area contributed by atoms with E-state index in [9.17, 15) is 14.9 Å². The molecule has 24 heavy (non-hydrogen) atoms. The highest BCUT2D eigenvalue weighted by atomic mass is 16.6. The number of benzene rings is 1. The van der Waals surface area contributed by atoms with Gasteiger partial charge in [0.2, 0.25) is 5.91 Å². The van der Waals surface area contributed by atoms with Crippen molar-refractivity contribution in [2.75, 3.05) is 25.0 Å². The lowest BCUT2D eigenvalue weighted by atomic mass is 9.71. The van der Waals surface area contributed by atoms with E-state index < -0.39 is 4.92 Å². The molecule has 0 unspecified atom stereocenters. The van der Waals surface area contributed by atoms with Crippen LogP contribution in [0.1, 0.15) is 38.5 Å². The van der Waals surface area contributed by atoms with Gasteiger partial charge in [-0.25, -0.2) is 0 Å². The second-order valence-corrected chi connectivity index (χ2v) is 6.49. The number of nitro benzene ring substituents is 1. The number of nitrogens with two attached hydrogens (primary N) is 1. The SMILES string of the molecule is NCC1(CC(=O)NCCNc2ccccc2[N+](=O)[O-])CCCCC1. The van der Waals surface area contributed by atoms with Gasteiger partial charge >= 0.3 is 0 Å². The quantitative estimate of drug-likeness (QED) is 0.384. The highest BCUT2D eigenvalue weighted by Crippen LogP contribution is 2.38. The van der Waals surface area contributed by atoms with Crippen molar-refractivity contribution in [1.82, 2.24) is 5.32 Å². The van der Waals surface area contributed by atoms with E-state index in [0.29, 0.717) is 31.7 Å². The molecule has 7 heteroatoms. The standard InChI is InChI=1S/C17H26N4O3/c18-13-17(8-4-1-5-9-17)12-16(22)20-11-10-19-14-6-2-3-7-15(14)21(23)24/h2-3,6-7,19H,1,4-5,8-13,18H2,(H,20,22). The monoisotopic (exact) mass is 334 g/mol.